The van der Waals surface area contributed by atoms with Crippen molar-refractivity contribution in [2.45, 2.75) is 58.2 Å². The van der Waals surface area contributed by atoms with Crippen LogP contribution in [0.4, 0.5) is 13.2 Å². The third-order valence-electron chi connectivity index (χ3n) is 4.91. The van der Waals surface area contributed by atoms with Gasteiger partial charge in [0, 0.05) is 0 Å². The van der Waals surface area contributed by atoms with Crippen LogP contribution in [0.15, 0.2) is 12.1 Å². The zero-order chi connectivity index (χ0) is 16.4. The minimum Gasteiger partial charge on any atom is -0.490 e. The van der Waals surface area contributed by atoms with Crippen LogP contribution >= 0.6 is 0 Å². The van der Waals surface area contributed by atoms with E-state index in [0.717, 1.165) is 31.2 Å². The van der Waals surface area contributed by atoms with Gasteiger partial charge in [0.1, 0.15) is 0 Å². The van der Waals surface area contributed by atoms with E-state index in [1.165, 1.54) is 19.3 Å². The molecule has 0 heterocycles. The van der Waals surface area contributed by atoms with Crippen LogP contribution in [-0.2, 0) is 6.42 Å². The van der Waals surface area contributed by atoms with Crippen LogP contribution in [0.3, 0.4) is 0 Å². The zero-order valence-corrected chi connectivity index (χ0v) is 13.4. The fourth-order valence-corrected chi connectivity index (χ4v) is 3.03. The molecule has 0 atom stereocenters. The average molecular weight is 328 g/mol. The molecule has 0 aliphatic heterocycles. The summed E-state index contributed by atoms with van der Waals surface area (Å²) in [6.07, 6.45) is 2.97. The monoisotopic (exact) mass is 328 g/mol. The molecule has 3 rings (SSSR count). The standard InChI is InChI=1S/C18H23F3O2/c1-12-15(11-14-3-2-4-14)7-8-16(17(12)23-18(19,20)21)22-10-9-13-5-6-13/h7-8,13-14H,2-6,9-11H2,1H3. The summed E-state index contributed by atoms with van der Waals surface area (Å²) in [7, 11) is 0. The highest BCUT2D eigenvalue weighted by Crippen LogP contribution is 2.40. The topological polar surface area (TPSA) is 18.5 Å². The number of ether oxygens (including phenoxy) is 2. The molecule has 0 saturated heterocycles. The molecule has 2 nitrogen and oxygen atoms in total. The summed E-state index contributed by atoms with van der Waals surface area (Å²) in [6.45, 7) is 2.14. The van der Waals surface area contributed by atoms with Crippen molar-refractivity contribution in [3.05, 3.63) is 23.3 Å². The number of halogens is 3. The first-order chi connectivity index (χ1) is 10.9. The lowest BCUT2D eigenvalue weighted by Gasteiger charge is -2.27. The Kier molecular flexibility index (Phi) is 4.74. The van der Waals surface area contributed by atoms with Gasteiger partial charge in [-0.3, -0.25) is 0 Å². The van der Waals surface area contributed by atoms with Crippen molar-refractivity contribution < 1.29 is 22.6 Å². The van der Waals surface area contributed by atoms with E-state index in [-0.39, 0.29) is 11.5 Å². The fourth-order valence-electron chi connectivity index (χ4n) is 3.03. The summed E-state index contributed by atoms with van der Waals surface area (Å²) < 4.78 is 48.1. The van der Waals surface area contributed by atoms with Crippen LogP contribution in [0.25, 0.3) is 0 Å². The Morgan fingerprint density at radius 3 is 2.39 bits per heavy atom. The number of benzene rings is 1. The van der Waals surface area contributed by atoms with Crippen molar-refractivity contribution in [2.75, 3.05) is 6.61 Å². The van der Waals surface area contributed by atoms with Crippen LogP contribution in [0.1, 0.15) is 49.7 Å². The number of hydrogen-bond acceptors (Lipinski definition) is 2. The van der Waals surface area contributed by atoms with E-state index < -0.39 is 6.36 Å². The van der Waals surface area contributed by atoms with Crippen molar-refractivity contribution >= 4 is 0 Å². The van der Waals surface area contributed by atoms with Gasteiger partial charge >= 0.3 is 6.36 Å². The van der Waals surface area contributed by atoms with Gasteiger partial charge in [-0.25, -0.2) is 0 Å². The summed E-state index contributed by atoms with van der Waals surface area (Å²) >= 11 is 0. The van der Waals surface area contributed by atoms with Gasteiger partial charge in [0.2, 0.25) is 0 Å². The van der Waals surface area contributed by atoms with Crippen LogP contribution < -0.4 is 9.47 Å². The second-order valence-corrected chi connectivity index (χ2v) is 6.81. The second-order valence-electron chi connectivity index (χ2n) is 6.81. The Bertz CT molecular complexity index is 546. The van der Waals surface area contributed by atoms with Gasteiger partial charge in [-0.2, -0.15) is 0 Å². The van der Waals surface area contributed by atoms with Crippen LogP contribution in [-0.4, -0.2) is 13.0 Å². The minimum absolute atomic E-state index is 0.162. The van der Waals surface area contributed by atoms with Crippen molar-refractivity contribution in [3.8, 4) is 11.5 Å². The smallest absolute Gasteiger partial charge is 0.490 e. The Morgan fingerprint density at radius 2 is 1.83 bits per heavy atom. The highest BCUT2D eigenvalue weighted by atomic mass is 19.4. The van der Waals surface area contributed by atoms with Crippen LogP contribution in [0.2, 0.25) is 0 Å². The molecule has 0 radical (unpaired) electrons. The molecule has 1 aromatic rings. The molecule has 2 aliphatic rings. The number of rotatable bonds is 7. The van der Waals surface area contributed by atoms with Gasteiger partial charge in [0.05, 0.1) is 6.61 Å². The molecule has 1 aromatic carbocycles. The molecule has 128 valence electrons. The molecule has 0 unspecified atom stereocenters. The maximum Gasteiger partial charge on any atom is 0.573 e. The van der Waals surface area contributed by atoms with Crippen molar-refractivity contribution in [2.24, 2.45) is 11.8 Å². The van der Waals surface area contributed by atoms with Crippen molar-refractivity contribution in [1.29, 1.82) is 0 Å². The Hall–Kier alpha value is -1.39. The first-order valence-corrected chi connectivity index (χ1v) is 8.43. The maximum atomic E-state index is 12.8. The van der Waals surface area contributed by atoms with Gasteiger partial charge in [-0.1, -0.05) is 38.2 Å². The van der Waals surface area contributed by atoms with E-state index in [2.05, 4.69) is 4.74 Å². The molecule has 0 bridgehead atoms. The summed E-state index contributed by atoms with van der Waals surface area (Å²) in [4.78, 5) is 0. The minimum atomic E-state index is -4.70. The quantitative estimate of drug-likeness (QED) is 0.666. The maximum absolute atomic E-state index is 12.8. The Balaban J connectivity index is 1.76. The third-order valence-corrected chi connectivity index (χ3v) is 4.91. The van der Waals surface area contributed by atoms with Gasteiger partial charge in [-0.05, 0) is 48.8 Å². The van der Waals surface area contributed by atoms with Gasteiger partial charge < -0.3 is 9.47 Å². The predicted molar refractivity (Wildman–Crippen MR) is 81.7 cm³/mol. The molecule has 2 aliphatic carbocycles. The summed E-state index contributed by atoms with van der Waals surface area (Å²) in [6, 6.07) is 3.53. The molecule has 23 heavy (non-hydrogen) atoms. The summed E-state index contributed by atoms with van der Waals surface area (Å²) in [5.41, 5.74) is 1.49. The van der Waals surface area contributed by atoms with Gasteiger partial charge in [-0.15, -0.1) is 13.2 Å². The average Bonchev–Trinajstić information content (AvgIpc) is 3.22. The Labute approximate surface area is 135 Å². The molecule has 0 spiro atoms. The van der Waals surface area contributed by atoms with E-state index >= 15 is 0 Å². The van der Waals surface area contributed by atoms with Crippen molar-refractivity contribution in [3.63, 3.8) is 0 Å². The number of alkyl halides is 3. The Morgan fingerprint density at radius 1 is 1.09 bits per heavy atom. The molecule has 0 N–H and O–H groups in total. The molecular formula is C18H23F3O2. The van der Waals surface area contributed by atoms with Crippen LogP contribution in [0.5, 0.6) is 11.5 Å². The third kappa shape index (κ3) is 4.55. The first-order valence-electron chi connectivity index (χ1n) is 8.43. The number of hydrogen-bond donors (Lipinski definition) is 0. The SMILES string of the molecule is Cc1c(CC2CCC2)ccc(OCCC2CC2)c1OC(F)(F)F. The molecule has 2 saturated carbocycles. The molecule has 0 aromatic heterocycles. The lowest BCUT2D eigenvalue weighted by Crippen LogP contribution is -2.20. The summed E-state index contributed by atoms with van der Waals surface area (Å²) in [5.74, 6) is 1.32. The largest absolute Gasteiger partial charge is 0.573 e. The van der Waals surface area contributed by atoms with E-state index in [0.29, 0.717) is 24.0 Å². The highest BCUT2D eigenvalue weighted by molar-refractivity contribution is 5.50. The highest BCUT2D eigenvalue weighted by Gasteiger charge is 2.34. The second kappa shape index (κ2) is 6.62. The van der Waals surface area contributed by atoms with E-state index in [1.807, 2.05) is 6.07 Å². The summed E-state index contributed by atoms with van der Waals surface area (Å²) in [5, 5.41) is 0. The fraction of sp³-hybridized carbons (Fsp3) is 0.667. The van der Waals surface area contributed by atoms with E-state index in [1.54, 1.807) is 13.0 Å². The van der Waals surface area contributed by atoms with E-state index in [4.69, 9.17) is 4.74 Å². The van der Waals surface area contributed by atoms with Crippen molar-refractivity contribution in [1.82, 2.24) is 0 Å². The molecular weight excluding hydrogens is 305 g/mol. The molecule has 5 heteroatoms. The zero-order valence-electron chi connectivity index (χ0n) is 13.4. The van der Waals surface area contributed by atoms with Gasteiger partial charge in [0.25, 0.3) is 0 Å². The molecule has 2 fully saturated rings. The predicted octanol–water partition coefficient (Wildman–Crippen LogP) is 5.42. The van der Waals surface area contributed by atoms with Crippen LogP contribution in [0, 0.1) is 18.8 Å². The molecule has 0 amide bonds. The van der Waals surface area contributed by atoms with Gasteiger partial charge in [0.15, 0.2) is 11.5 Å². The lowest BCUT2D eigenvalue weighted by atomic mass is 9.80. The normalized spacial score (nSPS) is 18.6. The van der Waals surface area contributed by atoms with E-state index in [9.17, 15) is 13.2 Å². The lowest BCUT2D eigenvalue weighted by molar-refractivity contribution is -0.275. The first kappa shape index (κ1) is 16.5.